The quantitative estimate of drug-likeness (QED) is 0.339. The minimum absolute atomic E-state index is 0.137. The Morgan fingerprint density at radius 1 is 1.09 bits per heavy atom. The first-order chi connectivity index (χ1) is 15.3. The SMILES string of the molecule is CCOC(=O)NC1CCC(N=C(CC(C)(C)C(F)(F)F)NC(=O)c2ccc(F)c(F)c2)CC1. The third-order valence-corrected chi connectivity index (χ3v) is 5.45. The summed E-state index contributed by atoms with van der Waals surface area (Å²) >= 11 is 0. The Labute approximate surface area is 189 Å². The lowest BCUT2D eigenvalue weighted by atomic mass is 9.87. The minimum atomic E-state index is -4.55. The molecule has 0 atom stereocenters. The van der Waals surface area contributed by atoms with Crippen LogP contribution in [0.4, 0.5) is 26.7 Å². The van der Waals surface area contributed by atoms with Crippen molar-refractivity contribution in [1.82, 2.24) is 10.6 Å². The molecule has 1 aliphatic rings. The second-order valence-electron chi connectivity index (χ2n) is 8.59. The molecule has 0 heterocycles. The first-order valence-electron chi connectivity index (χ1n) is 10.7. The second kappa shape index (κ2) is 10.9. The van der Waals surface area contributed by atoms with E-state index in [4.69, 9.17) is 4.74 Å². The van der Waals surface area contributed by atoms with Gasteiger partial charge < -0.3 is 15.4 Å². The third-order valence-electron chi connectivity index (χ3n) is 5.45. The highest BCUT2D eigenvalue weighted by atomic mass is 19.4. The molecule has 6 nitrogen and oxygen atoms in total. The van der Waals surface area contributed by atoms with E-state index in [2.05, 4.69) is 15.6 Å². The fourth-order valence-electron chi connectivity index (χ4n) is 3.39. The van der Waals surface area contributed by atoms with Gasteiger partial charge in [0.05, 0.1) is 18.1 Å². The summed E-state index contributed by atoms with van der Waals surface area (Å²) in [5.41, 5.74) is -2.43. The highest BCUT2D eigenvalue weighted by Crippen LogP contribution is 2.40. The molecule has 1 aliphatic carbocycles. The fourth-order valence-corrected chi connectivity index (χ4v) is 3.39. The lowest BCUT2D eigenvalue weighted by Gasteiger charge is -2.30. The van der Waals surface area contributed by atoms with E-state index in [-0.39, 0.29) is 30.1 Å². The molecule has 1 aromatic carbocycles. The predicted molar refractivity (Wildman–Crippen MR) is 112 cm³/mol. The Morgan fingerprint density at radius 3 is 2.27 bits per heavy atom. The second-order valence-corrected chi connectivity index (χ2v) is 8.59. The van der Waals surface area contributed by atoms with Gasteiger partial charge in [0, 0.05) is 18.0 Å². The Kier molecular flexibility index (Phi) is 8.79. The number of nitrogens with zero attached hydrogens (tertiary/aromatic N) is 1. The van der Waals surface area contributed by atoms with E-state index in [9.17, 15) is 31.5 Å². The van der Waals surface area contributed by atoms with Gasteiger partial charge in [-0.1, -0.05) is 13.8 Å². The summed E-state index contributed by atoms with van der Waals surface area (Å²) in [5, 5.41) is 5.07. The van der Waals surface area contributed by atoms with Crippen LogP contribution in [0.15, 0.2) is 23.2 Å². The number of alkyl halides is 3. The van der Waals surface area contributed by atoms with Crippen LogP contribution in [0.1, 0.15) is 63.2 Å². The summed E-state index contributed by atoms with van der Waals surface area (Å²) in [7, 11) is 0. The fraction of sp³-hybridized carbons (Fsp3) is 0.591. The number of alkyl carbamates (subject to hydrolysis) is 1. The number of amides is 2. The van der Waals surface area contributed by atoms with E-state index in [1.807, 2.05) is 0 Å². The van der Waals surface area contributed by atoms with E-state index >= 15 is 0 Å². The van der Waals surface area contributed by atoms with Gasteiger partial charge in [-0.2, -0.15) is 13.2 Å². The van der Waals surface area contributed by atoms with Crippen molar-refractivity contribution in [2.24, 2.45) is 10.4 Å². The summed E-state index contributed by atoms with van der Waals surface area (Å²) in [4.78, 5) is 28.4. The zero-order chi connectivity index (χ0) is 24.8. The number of nitrogens with one attached hydrogen (secondary N) is 2. The maximum absolute atomic E-state index is 13.5. The van der Waals surface area contributed by atoms with Gasteiger partial charge in [-0.25, -0.2) is 13.6 Å². The molecular formula is C22H28F5N3O3. The van der Waals surface area contributed by atoms with Crippen molar-refractivity contribution in [3.8, 4) is 0 Å². The third kappa shape index (κ3) is 7.68. The number of ether oxygens (including phenoxy) is 1. The van der Waals surface area contributed by atoms with Gasteiger partial charge in [-0.15, -0.1) is 0 Å². The normalized spacial score (nSPS) is 19.7. The number of carbonyl (C=O) groups excluding carboxylic acids is 2. The molecule has 0 unspecified atom stereocenters. The zero-order valence-electron chi connectivity index (χ0n) is 18.7. The van der Waals surface area contributed by atoms with Gasteiger partial charge in [0.25, 0.3) is 5.91 Å². The molecule has 0 saturated heterocycles. The summed E-state index contributed by atoms with van der Waals surface area (Å²) in [6, 6.07) is 1.96. The van der Waals surface area contributed by atoms with Crippen LogP contribution in [0.3, 0.4) is 0 Å². The molecule has 0 bridgehead atoms. The molecule has 0 aromatic heterocycles. The molecule has 1 saturated carbocycles. The first-order valence-corrected chi connectivity index (χ1v) is 10.7. The Hall–Kier alpha value is -2.72. The number of rotatable bonds is 6. The molecule has 184 valence electrons. The molecule has 1 fully saturated rings. The number of benzene rings is 1. The maximum atomic E-state index is 13.5. The first kappa shape index (κ1) is 26.5. The summed E-state index contributed by atoms with van der Waals surface area (Å²) in [6.45, 7) is 3.91. The van der Waals surface area contributed by atoms with Crippen molar-refractivity contribution in [2.45, 2.75) is 71.1 Å². The Morgan fingerprint density at radius 2 is 1.73 bits per heavy atom. The number of aliphatic imine (C=N–C) groups is 1. The number of carbonyl (C=O) groups is 2. The van der Waals surface area contributed by atoms with Crippen LogP contribution < -0.4 is 10.6 Å². The molecule has 1 aromatic rings. The van der Waals surface area contributed by atoms with E-state index in [1.54, 1.807) is 6.92 Å². The van der Waals surface area contributed by atoms with Gasteiger partial charge >= 0.3 is 12.3 Å². The molecular weight excluding hydrogens is 449 g/mol. The van der Waals surface area contributed by atoms with Crippen LogP contribution in [0, 0.1) is 17.0 Å². The number of hydrogen-bond donors (Lipinski definition) is 2. The summed E-state index contributed by atoms with van der Waals surface area (Å²) < 4.78 is 71.8. The number of halogens is 5. The molecule has 0 spiro atoms. The van der Waals surface area contributed by atoms with Gasteiger partial charge in [-0.05, 0) is 50.8 Å². The van der Waals surface area contributed by atoms with Crippen molar-refractivity contribution in [3.63, 3.8) is 0 Å². The van der Waals surface area contributed by atoms with Crippen LogP contribution in [-0.4, -0.2) is 42.7 Å². The van der Waals surface area contributed by atoms with E-state index in [0.717, 1.165) is 26.0 Å². The van der Waals surface area contributed by atoms with E-state index in [0.29, 0.717) is 31.7 Å². The lowest BCUT2D eigenvalue weighted by Crippen LogP contribution is -2.42. The highest BCUT2D eigenvalue weighted by molar-refractivity contribution is 6.06. The maximum Gasteiger partial charge on any atom is 0.407 e. The molecule has 2 amide bonds. The Bertz CT molecular complexity index is 879. The van der Waals surface area contributed by atoms with Gasteiger partial charge in [0.2, 0.25) is 0 Å². The van der Waals surface area contributed by atoms with E-state index < -0.39 is 41.6 Å². The largest absolute Gasteiger partial charge is 0.450 e. The molecule has 11 heteroatoms. The monoisotopic (exact) mass is 477 g/mol. The lowest BCUT2D eigenvalue weighted by molar-refractivity contribution is -0.208. The molecule has 2 N–H and O–H groups in total. The van der Waals surface area contributed by atoms with Crippen LogP contribution in [-0.2, 0) is 4.74 Å². The standard InChI is InChI=1S/C22H28F5N3O3/c1-4-33-20(32)29-15-8-6-14(7-9-15)28-18(12-21(2,3)22(25,26)27)30-19(31)13-5-10-16(23)17(24)11-13/h5,10-11,14-15H,4,6-9,12H2,1-3H3,(H,29,32)(H,28,30,31). The van der Waals surface area contributed by atoms with Crippen molar-refractivity contribution in [2.75, 3.05) is 6.61 Å². The van der Waals surface area contributed by atoms with Crippen molar-refractivity contribution in [1.29, 1.82) is 0 Å². The van der Waals surface area contributed by atoms with Gasteiger partial charge in [0.1, 0.15) is 5.84 Å². The molecule has 33 heavy (non-hydrogen) atoms. The van der Waals surface area contributed by atoms with Crippen molar-refractivity contribution in [3.05, 3.63) is 35.4 Å². The van der Waals surface area contributed by atoms with E-state index in [1.165, 1.54) is 0 Å². The minimum Gasteiger partial charge on any atom is -0.450 e. The van der Waals surface area contributed by atoms with Crippen LogP contribution in [0.5, 0.6) is 0 Å². The van der Waals surface area contributed by atoms with Crippen LogP contribution in [0.25, 0.3) is 0 Å². The molecule has 0 aliphatic heterocycles. The Balaban J connectivity index is 2.15. The number of hydrogen-bond acceptors (Lipinski definition) is 4. The topological polar surface area (TPSA) is 79.8 Å². The average molecular weight is 477 g/mol. The number of amidine groups is 1. The summed E-state index contributed by atoms with van der Waals surface area (Å²) in [6.07, 6.45) is -3.65. The van der Waals surface area contributed by atoms with Crippen molar-refractivity contribution < 1.29 is 36.3 Å². The van der Waals surface area contributed by atoms with Gasteiger partial charge in [-0.3, -0.25) is 9.79 Å². The average Bonchev–Trinajstić information content (AvgIpc) is 2.70. The smallest absolute Gasteiger partial charge is 0.407 e. The van der Waals surface area contributed by atoms with Crippen LogP contribution in [0.2, 0.25) is 0 Å². The van der Waals surface area contributed by atoms with Gasteiger partial charge in [0.15, 0.2) is 11.6 Å². The molecule has 2 rings (SSSR count). The van der Waals surface area contributed by atoms with Crippen LogP contribution >= 0.6 is 0 Å². The highest BCUT2D eigenvalue weighted by Gasteiger charge is 2.48. The summed E-state index contributed by atoms with van der Waals surface area (Å²) in [5.74, 6) is -3.46. The molecule has 0 radical (unpaired) electrons. The van der Waals surface area contributed by atoms with Crippen molar-refractivity contribution >= 4 is 17.8 Å². The zero-order valence-corrected chi connectivity index (χ0v) is 18.7. The predicted octanol–water partition coefficient (Wildman–Crippen LogP) is 5.13.